The summed E-state index contributed by atoms with van der Waals surface area (Å²) < 4.78 is 21.2. The van der Waals surface area contributed by atoms with Crippen LogP contribution in [0.5, 0.6) is 5.75 Å². The molecule has 0 bridgehead atoms. The van der Waals surface area contributed by atoms with Gasteiger partial charge in [0.05, 0.1) is 23.4 Å². The van der Waals surface area contributed by atoms with Gasteiger partial charge in [0, 0.05) is 11.8 Å². The Kier molecular flexibility index (Phi) is 5.44. The van der Waals surface area contributed by atoms with Crippen molar-refractivity contribution in [1.29, 1.82) is 0 Å². The average Bonchev–Trinajstić information content (AvgIpc) is 2.76. The summed E-state index contributed by atoms with van der Waals surface area (Å²) in [5.41, 5.74) is 0.691. The van der Waals surface area contributed by atoms with Gasteiger partial charge >= 0.3 is 0 Å². The Labute approximate surface area is 177 Å². The van der Waals surface area contributed by atoms with Gasteiger partial charge in [0.15, 0.2) is 5.65 Å². The van der Waals surface area contributed by atoms with E-state index in [-0.39, 0.29) is 11.2 Å². The highest BCUT2D eigenvalue weighted by molar-refractivity contribution is 6.04. The van der Waals surface area contributed by atoms with Crippen molar-refractivity contribution < 1.29 is 13.9 Å². The summed E-state index contributed by atoms with van der Waals surface area (Å²) >= 11 is 0. The van der Waals surface area contributed by atoms with Crippen molar-refractivity contribution in [2.45, 2.75) is 13.8 Å². The first kappa shape index (κ1) is 20.2. The molecule has 2 aromatic heterocycles. The minimum absolute atomic E-state index is 0.0473. The Hall–Kier alpha value is -4.07. The van der Waals surface area contributed by atoms with Gasteiger partial charge in [0.2, 0.25) is 0 Å². The van der Waals surface area contributed by atoms with Gasteiger partial charge in [-0.15, -0.1) is 0 Å². The number of pyridine rings is 1. The largest absolute Gasteiger partial charge is 0.494 e. The average molecular weight is 418 g/mol. The first-order valence-electron chi connectivity index (χ1n) is 9.66. The number of halogens is 1. The fourth-order valence-corrected chi connectivity index (χ4v) is 3.24. The SMILES string of the molecule is CCOc1ccc(C(=O)Nc2cc(-n3c(C)nc4ncccc4c3=O)ccc2F)cc1. The fourth-order valence-electron chi connectivity index (χ4n) is 3.24. The van der Waals surface area contributed by atoms with Gasteiger partial charge in [-0.3, -0.25) is 14.2 Å². The summed E-state index contributed by atoms with van der Waals surface area (Å²) in [7, 11) is 0. The Bertz CT molecular complexity index is 1330. The first-order valence-corrected chi connectivity index (χ1v) is 9.66. The van der Waals surface area contributed by atoms with Crippen LogP contribution >= 0.6 is 0 Å². The molecule has 0 saturated carbocycles. The zero-order chi connectivity index (χ0) is 22.0. The van der Waals surface area contributed by atoms with Crippen LogP contribution < -0.4 is 15.6 Å². The molecule has 0 fully saturated rings. The highest BCUT2D eigenvalue weighted by atomic mass is 19.1. The molecule has 8 heteroatoms. The second kappa shape index (κ2) is 8.35. The number of hydrogen-bond acceptors (Lipinski definition) is 5. The van der Waals surface area contributed by atoms with Crippen LogP contribution in [0, 0.1) is 12.7 Å². The Balaban J connectivity index is 1.69. The minimum Gasteiger partial charge on any atom is -0.494 e. The number of carbonyl (C=O) groups is 1. The van der Waals surface area contributed by atoms with Crippen molar-refractivity contribution in [1.82, 2.24) is 14.5 Å². The number of ether oxygens (including phenoxy) is 1. The van der Waals surface area contributed by atoms with Crippen LogP contribution in [-0.2, 0) is 0 Å². The smallest absolute Gasteiger partial charge is 0.267 e. The monoisotopic (exact) mass is 418 g/mol. The van der Waals surface area contributed by atoms with Crippen LogP contribution in [0.4, 0.5) is 10.1 Å². The lowest BCUT2D eigenvalue weighted by Crippen LogP contribution is -2.23. The maximum atomic E-state index is 14.4. The molecule has 1 N–H and O–H groups in total. The highest BCUT2D eigenvalue weighted by Gasteiger charge is 2.14. The first-order chi connectivity index (χ1) is 15.0. The van der Waals surface area contributed by atoms with Crippen molar-refractivity contribution in [3.63, 3.8) is 0 Å². The summed E-state index contributed by atoms with van der Waals surface area (Å²) in [5.74, 6) is -0.0693. The Morgan fingerprint density at radius 2 is 1.94 bits per heavy atom. The second-order valence-corrected chi connectivity index (χ2v) is 6.75. The van der Waals surface area contributed by atoms with Crippen LogP contribution in [0.1, 0.15) is 23.1 Å². The van der Waals surface area contributed by atoms with Crippen LogP contribution in [0.15, 0.2) is 65.6 Å². The van der Waals surface area contributed by atoms with Gasteiger partial charge in [-0.05, 0) is 68.4 Å². The van der Waals surface area contributed by atoms with E-state index in [9.17, 15) is 14.0 Å². The van der Waals surface area contributed by atoms with Crippen molar-refractivity contribution >= 4 is 22.6 Å². The standard InChI is InChI=1S/C23H19FN4O3/c1-3-31-17-9-6-15(7-10-17)22(29)27-20-13-16(8-11-19(20)24)28-14(2)26-21-18(23(28)30)5-4-12-25-21/h4-13H,3H2,1-2H3,(H,27,29). The van der Waals surface area contributed by atoms with Crippen molar-refractivity contribution in [3.8, 4) is 11.4 Å². The number of nitrogens with zero attached hydrogens (tertiary/aromatic N) is 3. The molecule has 4 aromatic rings. The molecular weight excluding hydrogens is 399 g/mol. The molecule has 156 valence electrons. The predicted octanol–water partition coefficient (Wildman–Crippen LogP) is 3.88. The molecule has 0 aliphatic carbocycles. The third-order valence-electron chi connectivity index (χ3n) is 4.70. The van der Waals surface area contributed by atoms with E-state index < -0.39 is 11.7 Å². The quantitative estimate of drug-likeness (QED) is 0.532. The summed E-state index contributed by atoms with van der Waals surface area (Å²) in [6, 6.07) is 13.9. The van der Waals surface area contributed by atoms with Crippen molar-refractivity contribution in [2.75, 3.05) is 11.9 Å². The van der Waals surface area contributed by atoms with E-state index in [2.05, 4.69) is 15.3 Å². The summed E-state index contributed by atoms with van der Waals surface area (Å²) in [6.07, 6.45) is 1.56. The van der Waals surface area contributed by atoms with Crippen LogP contribution in [-0.4, -0.2) is 27.0 Å². The lowest BCUT2D eigenvalue weighted by molar-refractivity contribution is 0.102. The van der Waals surface area contributed by atoms with E-state index in [1.165, 1.54) is 22.8 Å². The normalized spacial score (nSPS) is 10.8. The van der Waals surface area contributed by atoms with Gasteiger partial charge < -0.3 is 10.1 Å². The fraction of sp³-hybridized carbons (Fsp3) is 0.130. The molecular formula is C23H19FN4O3. The number of aromatic nitrogens is 3. The maximum Gasteiger partial charge on any atom is 0.267 e. The van der Waals surface area contributed by atoms with E-state index >= 15 is 0 Å². The minimum atomic E-state index is -0.621. The number of fused-ring (bicyclic) bond motifs is 1. The Morgan fingerprint density at radius 3 is 2.68 bits per heavy atom. The molecule has 4 rings (SSSR count). The molecule has 1 amide bonds. The van der Waals surface area contributed by atoms with E-state index in [0.29, 0.717) is 40.5 Å². The lowest BCUT2D eigenvalue weighted by Gasteiger charge is -2.13. The van der Waals surface area contributed by atoms with E-state index in [1.54, 1.807) is 49.5 Å². The number of amides is 1. The molecule has 0 aliphatic heterocycles. The van der Waals surface area contributed by atoms with Crippen molar-refractivity contribution in [3.05, 3.63) is 88.4 Å². The third kappa shape index (κ3) is 4.00. The Morgan fingerprint density at radius 1 is 1.16 bits per heavy atom. The third-order valence-corrected chi connectivity index (χ3v) is 4.70. The molecule has 0 unspecified atom stereocenters. The molecule has 0 spiro atoms. The second-order valence-electron chi connectivity index (χ2n) is 6.75. The van der Waals surface area contributed by atoms with Gasteiger partial charge in [-0.1, -0.05) is 0 Å². The highest BCUT2D eigenvalue weighted by Crippen LogP contribution is 2.21. The molecule has 0 atom stereocenters. The number of benzene rings is 2. The number of nitrogens with one attached hydrogen (secondary N) is 1. The topological polar surface area (TPSA) is 86.1 Å². The summed E-state index contributed by atoms with van der Waals surface area (Å²) in [5, 5.41) is 2.91. The maximum absolute atomic E-state index is 14.4. The molecule has 2 aromatic carbocycles. The summed E-state index contributed by atoms with van der Waals surface area (Å²) in [4.78, 5) is 34.0. The van der Waals surface area contributed by atoms with Gasteiger partial charge in [0.1, 0.15) is 17.4 Å². The zero-order valence-corrected chi connectivity index (χ0v) is 16.9. The number of aryl methyl sites for hydroxylation is 1. The number of carbonyl (C=O) groups excluding carboxylic acids is 1. The van der Waals surface area contributed by atoms with E-state index in [4.69, 9.17) is 4.74 Å². The lowest BCUT2D eigenvalue weighted by atomic mass is 10.2. The zero-order valence-electron chi connectivity index (χ0n) is 16.9. The number of hydrogen-bond donors (Lipinski definition) is 1. The van der Waals surface area contributed by atoms with E-state index in [1.807, 2.05) is 6.92 Å². The molecule has 2 heterocycles. The molecule has 0 radical (unpaired) electrons. The van der Waals surface area contributed by atoms with Gasteiger partial charge in [-0.25, -0.2) is 14.4 Å². The van der Waals surface area contributed by atoms with Crippen LogP contribution in [0.25, 0.3) is 16.7 Å². The molecule has 0 saturated heterocycles. The van der Waals surface area contributed by atoms with Crippen LogP contribution in [0.2, 0.25) is 0 Å². The summed E-state index contributed by atoms with van der Waals surface area (Å²) in [6.45, 7) is 4.05. The molecule has 0 aliphatic rings. The number of rotatable bonds is 5. The predicted molar refractivity (Wildman–Crippen MR) is 115 cm³/mol. The van der Waals surface area contributed by atoms with Gasteiger partial charge in [0.25, 0.3) is 11.5 Å². The molecule has 7 nitrogen and oxygen atoms in total. The van der Waals surface area contributed by atoms with Crippen LogP contribution in [0.3, 0.4) is 0 Å². The van der Waals surface area contributed by atoms with E-state index in [0.717, 1.165) is 0 Å². The number of anilines is 1. The van der Waals surface area contributed by atoms with Gasteiger partial charge in [-0.2, -0.15) is 0 Å². The van der Waals surface area contributed by atoms with Crippen molar-refractivity contribution in [2.24, 2.45) is 0 Å². The molecule has 31 heavy (non-hydrogen) atoms.